The second kappa shape index (κ2) is 5.90. The lowest BCUT2D eigenvalue weighted by molar-refractivity contribution is 1.19. The van der Waals surface area contributed by atoms with Gasteiger partial charge in [-0.3, -0.25) is 0 Å². The first kappa shape index (κ1) is 14.3. The van der Waals surface area contributed by atoms with E-state index in [9.17, 15) is 0 Å². The average Bonchev–Trinajstić information content (AvgIpc) is 2.65. The van der Waals surface area contributed by atoms with Crippen molar-refractivity contribution in [1.82, 2.24) is 0 Å². The van der Waals surface area contributed by atoms with Crippen LogP contribution in [0.2, 0.25) is 5.02 Å². The number of rotatable bonds is 4. The van der Waals surface area contributed by atoms with Gasteiger partial charge in [-0.05, 0) is 37.6 Å². The van der Waals surface area contributed by atoms with E-state index in [0.717, 1.165) is 12.2 Å². The van der Waals surface area contributed by atoms with Gasteiger partial charge < -0.3 is 11.1 Å². The number of halogens is 1. The Morgan fingerprint density at radius 3 is 2.74 bits per heavy atom. The van der Waals surface area contributed by atoms with Crippen LogP contribution in [0.5, 0.6) is 0 Å². The molecule has 0 atom stereocenters. The summed E-state index contributed by atoms with van der Waals surface area (Å²) in [6.07, 6.45) is 0. The van der Waals surface area contributed by atoms with Gasteiger partial charge in [-0.1, -0.05) is 29.9 Å². The molecule has 0 amide bonds. The molecule has 0 spiro atoms. The molecule has 2 aromatic rings. The molecule has 3 N–H and O–H groups in total. The van der Waals surface area contributed by atoms with Crippen molar-refractivity contribution in [2.75, 3.05) is 5.32 Å². The molecule has 2 rings (SSSR count). The summed E-state index contributed by atoms with van der Waals surface area (Å²) in [5.41, 5.74) is 8.63. The minimum Gasteiger partial charge on any atom is -0.389 e. The average molecular weight is 311 g/mol. The fourth-order valence-electron chi connectivity index (χ4n) is 1.84. The maximum absolute atomic E-state index is 6.13. The molecule has 1 aromatic carbocycles. The molecular weight excluding hydrogens is 296 g/mol. The zero-order chi connectivity index (χ0) is 14.0. The third kappa shape index (κ3) is 3.26. The van der Waals surface area contributed by atoms with Gasteiger partial charge in [0.2, 0.25) is 0 Å². The van der Waals surface area contributed by atoms with Crippen LogP contribution in [0.25, 0.3) is 0 Å². The fraction of sp³-hybridized carbons (Fsp3) is 0.214. The Morgan fingerprint density at radius 1 is 1.42 bits per heavy atom. The number of hydrogen-bond donors (Lipinski definition) is 2. The molecular formula is C14H15ClN2S2. The first-order chi connectivity index (χ1) is 8.99. The molecule has 5 heteroatoms. The lowest BCUT2D eigenvalue weighted by Gasteiger charge is -2.11. The Balaban J connectivity index is 2.20. The van der Waals surface area contributed by atoms with E-state index in [1.165, 1.54) is 15.3 Å². The van der Waals surface area contributed by atoms with Gasteiger partial charge in [0.25, 0.3) is 0 Å². The largest absolute Gasteiger partial charge is 0.389 e. The van der Waals surface area contributed by atoms with E-state index in [2.05, 4.69) is 25.2 Å². The molecule has 1 aromatic heterocycles. The van der Waals surface area contributed by atoms with Gasteiger partial charge in [-0.25, -0.2) is 0 Å². The highest BCUT2D eigenvalue weighted by molar-refractivity contribution is 7.80. The summed E-state index contributed by atoms with van der Waals surface area (Å²) in [5.74, 6) is 0. The van der Waals surface area contributed by atoms with Gasteiger partial charge >= 0.3 is 0 Å². The molecule has 0 saturated carbocycles. The Kier molecular flexibility index (Phi) is 4.45. The van der Waals surface area contributed by atoms with Crippen LogP contribution in [-0.2, 0) is 6.54 Å². The van der Waals surface area contributed by atoms with E-state index in [1.807, 2.05) is 12.1 Å². The van der Waals surface area contributed by atoms with Crippen LogP contribution in [0.4, 0.5) is 5.69 Å². The second-order valence-corrected chi connectivity index (χ2v) is 6.52. The predicted molar refractivity (Wildman–Crippen MR) is 88.5 cm³/mol. The summed E-state index contributed by atoms with van der Waals surface area (Å²) < 4.78 is 0. The Hall–Kier alpha value is -1.10. The summed E-state index contributed by atoms with van der Waals surface area (Å²) in [5, 5.41) is 3.93. The lowest BCUT2D eigenvalue weighted by Crippen LogP contribution is -2.13. The molecule has 0 aliphatic heterocycles. The Labute approximate surface area is 127 Å². The Bertz CT molecular complexity index is 600. The van der Waals surface area contributed by atoms with Gasteiger partial charge in [-0.2, -0.15) is 0 Å². The molecule has 2 nitrogen and oxygen atoms in total. The first-order valence-corrected chi connectivity index (χ1v) is 7.47. The standard InChI is InChI=1S/C14H15ClN2S2/c1-8-6-10(19-9(8)2)7-17-12-5-3-4-11(15)13(12)14(16)18/h3-6,17H,7H2,1-2H3,(H2,16,18). The third-order valence-electron chi connectivity index (χ3n) is 2.93. The maximum atomic E-state index is 6.13. The van der Waals surface area contributed by atoms with Gasteiger partial charge in [0.1, 0.15) is 4.99 Å². The molecule has 0 saturated heterocycles. The molecule has 0 fully saturated rings. The summed E-state index contributed by atoms with van der Waals surface area (Å²) >= 11 is 13.0. The van der Waals surface area contributed by atoms with Gasteiger partial charge in [0.15, 0.2) is 0 Å². The number of hydrogen-bond acceptors (Lipinski definition) is 3. The number of anilines is 1. The van der Waals surface area contributed by atoms with Crippen LogP contribution in [0.3, 0.4) is 0 Å². The number of aryl methyl sites for hydroxylation is 2. The normalized spacial score (nSPS) is 10.5. The van der Waals surface area contributed by atoms with E-state index < -0.39 is 0 Å². The van der Waals surface area contributed by atoms with Crippen molar-refractivity contribution in [3.05, 3.63) is 50.2 Å². The molecule has 0 unspecified atom stereocenters. The topological polar surface area (TPSA) is 38.0 Å². The summed E-state index contributed by atoms with van der Waals surface area (Å²) in [4.78, 5) is 2.94. The van der Waals surface area contributed by atoms with Crippen LogP contribution < -0.4 is 11.1 Å². The highest BCUT2D eigenvalue weighted by atomic mass is 35.5. The molecule has 100 valence electrons. The SMILES string of the molecule is Cc1cc(CNc2cccc(Cl)c2C(N)=S)sc1C. The Morgan fingerprint density at radius 2 is 2.16 bits per heavy atom. The van der Waals surface area contributed by atoms with Crippen molar-refractivity contribution >= 4 is 45.8 Å². The monoisotopic (exact) mass is 310 g/mol. The minimum absolute atomic E-state index is 0.312. The van der Waals surface area contributed by atoms with Crippen molar-refractivity contribution in [2.45, 2.75) is 20.4 Å². The van der Waals surface area contributed by atoms with E-state index in [0.29, 0.717) is 15.6 Å². The van der Waals surface area contributed by atoms with Gasteiger partial charge in [0.05, 0.1) is 10.6 Å². The fourth-order valence-corrected chi connectivity index (χ4v) is 3.39. The van der Waals surface area contributed by atoms with E-state index in [4.69, 9.17) is 29.6 Å². The van der Waals surface area contributed by atoms with Crippen molar-refractivity contribution in [3.8, 4) is 0 Å². The quantitative estimate of drug-likeness (QED) is 0.828. The third-order valence-corrected chi connectivity index (χ3v) is 4.60. The van der Waals surface area contributed by atoms with Crippen LogP contribution in [0.1, 0.15) is 20.9 Å². The predicted octanol–water partition coefficient (Wildman–Crippen LogP) is 4.26. The highest BCUT2D eigenvalue weighted by Crippen LogP contribution is 2.26. The molecule has 1 heterocycles. The highest BCUT2D eigenvalue weighted by Gasteiger charge is 2.10. The number of thiocarbonyl (C=S) groups is 1. The zero-order valence-electron chi connectivity index (χ0n) is 10.8. The van der Waals surface area contributed by atoms with Gasteiger partial charge in [-0.15, -0.1) is 11.3 Å². The summed E-state index contributed by atoms with van der Waals surface area (Å²) in [6.45, 7) is 4.99. The molecule has 19 heavy (non-hydrogen) atoms. The van der Waals surface area contributed by atoms with Crippen LogP contribution in [0.15, 0.2) is 24.3 Å². The van der Waals surface area contributed by atoms with Crippen LogP contribution in [0, 0.1) is 13.8 Å². The number of thiophene rings is 1. The van der Waals surface area contributed by atoms with Crippen molar-refractivity contribution in [2.24, 2.45) is 5.73 Å². The molecule has 0 bridgehead atoms. The van der Waals surface area contributed by atoms with Crippen molar-refractivity contribution in [1.29, 1.82) is 0 Å². The lowest BCUT2D eigenvalue weighted by atomic mass is 10.1. The van der Waals surface area contributed by atoms with Crippen molar-refractivity contribution in [3.63, 3.8) is 0 Å². The van der Waals surface area contributed by atoms with E-state index >= 15 is 0 Å². The summed E-state index contributed by atoms with van der Waals surface area (Å²) in [6, 6.07) is 7.81. The van der Waals surface area contributed by atoms with Crippen LogP contribution in [-0.4, -0.2) is 4.99 Å². The van der Waals surface area contributed by atoms with E-state index in [1.54, 1.807) is 17.4 Å². The molecule has 0 radical (unpaired) electrons. The van der Waals surface area contributed by atoms with E-state index in [-0.39, 0.29) is 0 Å². The molecule has 0 aliphatic rings. The smallest absolute Gasteiger partial charge is 0.107 e. The number of nitrogens with two attached hydrogens (primary N) is 1. The molecule has 0 aliphatic carbocycles. The van der Waals surface area contributed by atoms with Crippen molar-refractivity contribution < 1.29 is 0 Å². The minimum atomic E-state index is 0.312. The van der Waals surface area contributed by atoms with Crippen LogP contribution >= 0.6 is 35.2 Å². The second-order valence-electron chi connectivity index (χ2n) is 4.33. The first-order valence-electron chi connectivity index (χ1n) is 5.87. The number of benzene rings is 1. The number of nitrogens with one attached hydrogen (secondary N) is 1. The van der Waals surface area contributed by atoms with Gasteiger partial charge in [0, 0.05) is 22.0 Å². The maximum Gasteiger partial charge on any atom is 0.107 e. The zero-order valence-corrected chi connectivity index (χ0v) is 13.2. The summed E-state index contributed by atoms with van der Waals surface area (Å²) in [7, 11) is 0.